The van der Waals surface area contributed by atoms with Gasteiger partial charge in [0.05, 0.1) is 53.9 Å². The standard InChI is InChI=1S/C17H19BrO3.C16H18BrNO3.C8H10.C7H7Cl.C7H8.C6H6O.4C2H6.K.H/c1-19-17-6-3-2-5-14(17)13-20-11-4-12-21-16-9-7-15(18)8-10-16;1-19-15-6-3-2-5-13(15)12-20-9-4-10-21-16-8-7-14(17)11-18-16;1-2-8-6-4-3-5-7-8;8-6-7-4-2-1-3-5-7;1-7-5-3-2-4-6-7;7-6-4-2-1-3-5-6;4*1-2;;/h2-3,5-10H,4,11-13H2,1H3;2-3,5-8,11H,4,9-10,12H2,1H3;3-7H,2H2,1H3;1-5H,6H2;2-6H,1H3;1-5,7H;4*1-2H3;;/q;;;;;;;;;;+1;-1. The van der Waals surface area contributed by atoms with Crippen LogP contribution in [-0.2, 0) is 35.0 Å². The summed E-state index contributed by atoms with van der Waals surface area (Å²) in [4.78, 5) is 4.14. The molecule has 0 unspecified atom stereocenters. The van der Waals surface area contributed by atoms with Crippen LogP contribution in [0.1, 0.15) is 104 Å². The van der Waals surface area contributed by atoms with Gasteiger partial charge in [0.15, 0.2) is 0 Å². The number of aromatic hydroxyl groups is 1. The molecule has 81 heavy (non-hydrogen) atoms. The Labute approximate surface area is 555 Å². The predicted octanol–water partition coefficient (Wildman–Crippen LogP) is 17.6. The summed E-state index contributed by atoms with van der Waals surface area (Å²) in [6.45, 7) is 23.9. The number of pyridine rings is 1. The van der Waals surface area contributed by atoms with Crippen molar-refractivity contribution in [3.8, 4) is 28.9 Å². The number of hydrogen-bond donors (Lipinski definition) is 1. The van der Waals surface area contributed by atoms with Gasteiger partial charge in [0, 0.05) is 51.1 Å². The minimum atomic E-state index is 0. The predicted molar refractivity (Wildman–Crippen MR) is 349 cm³/mol. The molecule has 438 valence electrons. The first-order valence-corrected chi connectivity index (χ1v) is 29.8. The first kappa shape index (κ1) is 80.7. The Hall–Kier alpha value is -4.50. The Kier molecular flexibility index (Phi) is 59.9. The van der Waals surface area contributed by atoms with E-state index in [1.165, 1.54) is 16.7 Å². The van der Waals surface area contributed by atoms with Gasteiger partial charge in [0.1, 0.15) is 23.0 Å². The second-order valence-electron chi connectivity index (χ2n) is 15.4. The Bertz CT molecular complexity index is 2350. The van der Waals surface area contributed by atoms with Crippen LogP contribution in [0.4, 0.5) is 0 Å². The van der Waals surface area contributed by atoms with Gasteiger partial charge in [-0.15, -0.1) is 11.6 Å². The van der Waals surface area contributed by atoms with E-state index in [0.29, 0.717) is 57.2 Å². The van der Waals surface area contributed by atoms with Gasteiger partial charge in [0.2, 0.25) is 5.88 Å². The number of nitrogens with zero attached hydrogens (tertiary/aromatic N) is 1. The largest absolute Gasteiger partial charge is 1.00 e. The number of aromatic nitrogens is 1. The van der Waals surface area contributed by atoms with Crippen LogP contribution < -0.4 is 70.3 Å². The molecule has 8 nitrogen and oxygen atoms in total. The van der Waals surface area contributed by atoms with Crippen molar-refractivity contribution in [1.82, 2.24) is 4.98 Å². The summed E-state index contributed by atoms with van der Waals surface area (Å²) in [6, 6.07) is 66.7. The molecule has 7 aromatic carbocycles. The van der Waals surface area contributed by atoms with Crippen LogP contribution >= 0.6 is 43.5 Å². The van der Waals surface area contributed by atoms with E-state index in [9.17, 15) is 0 Å². The fraction of sp³-hybridized carbons (Fsp3) is 0.319. The zero-order chi connectivity index (χ0) is 59.7. The molecule has 0 aliphatic carbocycles. The van der Waals surface area contributed by atoms with Gasteiger partial charge < -0.3 is 35.0 Å². The average Bonchev–Trinajstić information content (AvgIpc) is 3.53. The van der Waals surface area contributed by atoms with E-state index in [1.54, 1.807) is 44.7 Å². The summed E-state index contributed by atoms with van der Waals surface area (Å²) in [5, 5.41) is 8.63. The number of ether oxygens (including phenoxy) is 6. The molecule has 8 aromatic rings. The van der Waals surface area contributed by atoms with Gasteiger partial charge in [-0.25, -0.2) is 4.98 Å². The fourth-order valence-electron chi connectivity index (χ4n) is 5.92. The molecule has 1 N–H and O–H groups in total. The summed E-state index contributed by atoms with van der Waals surface area (Å²) < 4.78 is 35.0. The topological polar surface area (TPSA) is 88.5 Å². The van der Waals surface area contributed by atoms with Crippen molar-refractivity contribution < 1.29 is 86.3 Å². The molecule has 0 amide bonds. The SMILES string of the molecule is CC.CC.CC.CC.CCc1ccccc1.COc1ccccc1COCCCOc1ccc(Br)cc1.COc1ccccc1COCCCOc1ccc(Br)cn1.Cc1ccccc1.ClCc1ccccc1.Oc1ccccc1.[H-].[K+]. The quantitative estimate of drug-likeness (QED) is 0.0516. The van der Waals surface area contributed by atoms with Gasteiger partial charge in [-0.3, -0.25) is 0 Å². The second-order valence-corrected chi connectivity index (χ2v) is 17.4. The van der Waals surface area contributed by atoms with Crippen molar-refractivity contribution in [3.05, 3.63) is 249 Å². The number of halogens is 3. The van der Waals surface area contributed by atoms with Gasteiger partial charge in [-0.2, -0.15) is 0 Å². The summed E-state index contributed by atoms with van der Waals surface area (Å²) >= 11 is 12.3. The van der Waals surface area contributed by atoms with Gasteiger partial charge in [-0.1, -0.05) is 229 Å². The van der Waals surface area contributed by atoms with Crippen LogP contribution in [0.15, 0.2) is 221 Å². The fourth-order valence-corrected chi connectivity index (χ4v) is 6.60. The van der Waals surface area contributed by atoms with Crippen molar-refractivity contribution >= 4 is 43.5 Å². The minimum absolute atomic E-state index is 0. The molecule has 8 rings (SSSR count). The smallest absolute Gasteiger partial charge is 1.00 e. The van der Waals surface area contributed by atoms with E-state index in [0.717, 1.165) is 56.6 Å². The Morgan fingerprint density at radius 2 is 0.864 bits per heavy atom. The number of methoxy groups -OCH3 is 2. The third-order valence-corrected chi connectivity index (χ3v) is 11.0. The number of hydrogen-bond acceptors (Lipinski definition) is 8. The van der Waals surface area contributed by atoms with Crippen LogP contribution in [0.2, 0.25) is 0 Å². The number of rotatable bonds is 18. The Balaban J connectivity index is -0.000000458. The van der Waals surface area contributed by atoms with Crippen molar-refractivity contribution in [1.29, 1.82) is 0 Å². The first-order chi connectivity index (χ1) is 39.2. The van der Waals surface area contributed by atoms with Crippen molar-refractivity contribution in [2.75, 3.05) is 40.6 Å². The molecule has 1 heterocycles. The molecule has 0 atom stereocenters. The molecular weight excluding hydrogens is 1190 g/mol. The van der Waals surface area contributed by atoms with Crippen LogP contribution in [0.25, 0.3) is 0 Å². The first-order valence-electron chi connectivity index (χ1n) is 27.7. The minimum Gasteiger partial charge on any atom is -1.00 e. The number of phenolic OH excluding ortho intramolecular Hbond substituents is 1. The molecule has 0 fully saturated rings. The molecule has 0 bridgehead atoms. The van der Waals surface area contributed by atoms with Crippen molar-refractivity contribution in [3.63, 3.8) is 0 Å². The second kappa shape index (κ2) is 60.1. The molecule has 12 heteroatoms. The third-order valence-electron chi connectivity index (χ3n) is 9.74. The molecule has 0 spiro atoms. The molecule has 0 radical (unpaired) electrons. The van der Waals surface area contributed by atoms with Crippen molar-refractivity contribution in [2.24, 2.45) is 0 Å². The normalized spacial score (nSPS) is 8.98. The number of aryl methyl sites for hydroxylation is 2. The van der Waals surface area contributed by atoms with E-state index in [-0.39, 0.29) is 52.8 Å². The summed E-state index contributed by atoms with van der Waals surface area (Å²) in [7, 11) is 3.34. The van der Waals surface area contributed by atoms with E-state index in [1.807, 2.05) is 201 Å². The number of alkyl halides is 1. The molecule has 0 saturated carbocycles. The molecule has 0 aliphatic heterocycles. The molecule has 0 saturated heterocycles. The van der Waals surface area contributed by atoms with E-state index >= 15 is 0 Å². The van der Waals surface area contributed by atoms with Crippen LogP contribution in [0.5, 0.6) is 28.9 Å². The summed E-state index contributed by atoms with van der Waals surface area (Å²) in [6.07, 6.45) is 4.52. The van der Waals surface area contributed by atoms with E-state index in [4.69, 9.17) is 45.1 Å². The third kappa shape index (κ3) is 44.7. The van der Waals surface area contributed by atoms with Crippen LogP contribution in [-0.4, -0.2) is 50.7 Å². The van der Waals surface area contributed by atoms with Gasteiger partial charge in [0.25, 0.3) is 0 Å². The van der Waals surface area contributed by atoms with Gasteiger partial charge >= 0.3 is 51.4 Å². The van der Waals surface area contributed by atoms with Crippen molar-refractivity contribution in [2.45, 2.75) is 108 Å². The summed E-state index contributed by atoms with van der Waals surface area (Å²) in [5.74, 6) is 4.16. The van der Waals surface area contributed by atoms with E-state index in [2.05, 4.69) is 87.1 Å². The molecule has 0 aliphatic rings. The van der Waals surface area contributed by atoms with Gasteiger partial charge in [-0.05, 0) is 95.0 Å². The number of benzene rings is 7. The van der Waals surface area contributed by atoms with Crippen LogP contribution in [0, 0.1) is 6.92 Å². The number of phenols is 1. The maximum atomic E-state index is 8.63. The molecular formula is C69H93Br2ClKNO7. The van der Waals surface area contributed by atoms with E-state index < -0.39 is 0 Å². The summed E-state index contributed by atoms with van der Waals surface area (Å²) in [5.41, 5.74) is 6.02. The maximum absolute atomic E-state index is 8.63. The number of para-hydroxylation sites is 3. The molecule has 1 aromatic heterocycles. The van der Waals surface area contributed by atoms with Crippen LogP contribution in [0.3, 0.4) is 0 Å². The Morgan fingerprint density at radius 3 is 1.21 bits per heavy atom. The Morgan fingerprint density at radius 1 is 0.469 bits per heavy atom. The average molecular weight is 1280 g/mol. The zero-order valence-electron chi connectivity index (χ0n) is 51.8. The zero-order valence-corrected chi connectivity index (χ0v) is 57.8. The monoisotopic (exact) mass is 1280 g/mol. The maximum Gasteiger partial charge on any atom is 1.00 e.